The van der Waals surface area contributed by atoms with Crippen LogP contribution in [0.15, 0.2) is 48.5 Å². The molecule has 2 rings (SSSR count). The number of aryl methyl sites for hydroxylation is 1. The Labute approximate surface area is 126 Å². The van der Waals surface area contributed by atoms with Gasteiger partial charge in [0.25, 0.3) is 0 Å². The largest absolute Gasteiger partial charge is 0.489 e. The summed E-state index contributed by atoms with van der Waals surface area (Å²) in [6, 6.07) is 14.7. The van der Waals surface area contributed by atoms with Gasteiger partial charge >= 0.3 is 0 Å². The normalized spacial score (nSPS) is 10.9. The summed E-state index contributed by atoms with van der Waals surface area (Å²) in [5, 5.41) is 0. The molecule has 0 heterocycles. The molecule has 0 saturated heterocycles. The van der Waals surface area contributed by atoms with Crippen molar-refractivity contribution < 1.29 is 9.13 Å². The third-order valence-electron chi connectivity index (χ3n) is 3.32. The quantitative estimate of drug-likeness (QED) is 0.766. The summed E-state index contributed by atoms with van der Waals surface area (Å²) in [7, 11) is 4.11. The van der Waals surface area contributed by atoms with E-state index in [1.807, 2.05) is 36.4 Å². The third-order valence-corrected chi connectivity index (χ3v) is 3.32. The maximum atomic E-state index is 13.4. The van der Waals surface area contributed by atoms with Crippen molar-refractivity contribution in [3.8, 4) is 5.75 Å². The van der Waals surface area contributed by atoms with Crippen LogP contribution >= 0.6 is 0 Å². The highest BCUT2D eigenvalue weighted by Gasteiger charge is 2.06. The van der Waals surface area contributed by atoms with Crippen LogP contribution < -0.4 is 4.74 Å². The number of nitrogens with zero attached hydrogens (tertiary/aromatic N) is 1. The van der Waals surface area contributed by atoms with Crippen LogP contribution in [0.25, 0.3) is 0 Å². The zero-order chi connectivity index (χ0) is 15.1. The highest BCUT2D eigenvalue weighted by molar-refractivity contribution is 5.34. The molecule has 0 aliphatic rings. The molecule has 2 aromatic rings. The second-order valence-corrected chi connectivity index (χ2v) is 5.43. The lowest BCUT2D eigenvalue weighted by Gasteiger charge is -2.13. The van der Waals surface area contributed by atoms with Gasteiger partial charge in [-0.15, -0.1) is 0 Å². The van der Waals surface area contributed by atoms with Gasteiger partial charge in [-0.05, 0) is 50.7 Å². The zero-order valence-corrected chi connectivity index (χ0v) is 12.7. The van der Waals surface area contributed by atoms with E-state index in [-0.39, 0.29) is 5.82 Å². The van der Waals surface area contributed by atoms with Gasteiger partial charge in [0.1, 0.15) is 18.2 Å². The number of rotatable bonds is 7. The van der Waals surface area contributed by atoms with Crippen LogP contribution in [0.5, 0.6) is 5.75 Å². The van der Waals surface area contributed by atoms with E-state index in [0.717, 1.165) is 30.5 Å². The lowest BCUT2D eigenvalue weighted by molar-refractivity contribution is 0.300. The van der Waals surface area contributed by atoms with Gasteiger partial charge in [0.2, 0.25) is 0 Å². The van der Waals surface area contributed by atoms with Crippen LogP contribution in [0, 0.1) is 5.82 Å². The van der Waals surface area contributed by atoms with E-state index in [9.17, 15) is 4.39 Å². The van der Waals surface area contributed by atoms with Crippen molar-refractivity contribution in [1.29, 1.82) is 0 Å². The summed E-state index contributed by atoms with van der Waals surface area (Å²) in [4.78, 5) is 2.15. The Hall–Kier alpha value is -1.87. The fourth-order valence-corrected chi connectivity index (χ4v) is 2.19. The van der Waals surface area contributed by atoms with Crippen molar-refractivity contribution >= 4 is 0 Å². The van der Waals surface area contributed by atoms with Crippen molar-refractivity contribution in [2.75, 3.05) is 20.6 Å². The Kier molecular flexibility index (Phi) is 5.76. The molecular weight excluding hydrogens is 265 g/mol. The van der Waals surface area contributed by atoms with Crippen LogP contribution in [0.4, 0.5) is 4.39 Å². The predicted molar refractivity (Wildman–Crippen MR) is 84.0 cm³/mol. The molecule has 0 spiro atoms. The van der Waals surface area contributed by atoms with Crippen molar-refractivity contribution in [3.05, 3.63) is 65.5 Å². The maximum absolute atomic E-state index is 13.4. The molecule has 0 atom stereocenters. The first-order chi connectivity index (χ1) is 10.1. The maximum Gasteiger partial charge on any atom is 0.126 e. The molecule has 0 radical (unpaired) electrons. The SMILES string of the molecule is CN(C)CCCc1ccc(F)cc1OCc1ccccc1. The van der Waals surface area contributed by atoms with Crippen molar-refractivity contribution in [2.45, 2.75) is 19.4 Å². The van der Waals surface area contributed by atoms with Crippen LogP contribution in [-0.4, -0.2) is 25.5 Å². The number of hydrogen-bond acceptors (Lipinski definition) is 2. The number of benzene rings is 2. The molecular formula is C18H22FNO. The number of halogens is 1. The monoisotopic (exact) mass is 287 g/mol. The molecule has 21 heavy (non-hydrogen) atoms. The molecule has 0 amide bonds. The Balaban J connectivity index is 2.01. The Bertz CT molecular complexity index is 554. The molecule has 0 aliphatic heterocycles. The van der Waals surface area contributed by atoms with Crippen LogP contribution in [0.1, 0.15) is 17.5 Å². The number of ether oxygens (including phenoxy) is 1. The fourth-order valence-electron chi connectivity index (χ4n) is 2.19. The summed E-state index contributed by atoms with van der Waals surface area (Å²) < 4.78 is 19.2. The summed E-state index contributed by atoms with van der Waals surface area (Å²) in [6.45, 7) is 1.47. The Morgan fingerprint density at radius 1 is 1.05 bits per heavy atom. The second-order valence-electron chi connectivity index (χ2n) is 5.43. The van der Waals surface area contributed by atoms with Crippen molar-refractivity contribution in [1.82, 2.24) is 4.90 Å². The topological polar surface area (TPSA) is 12.5 Å². The minimum Gasteiger partial charge on any atom is -0.489 e. The summed E-state index contributed by atoms with van der Waals surface area (Å²) in [5.74, 6) is 0.395. The van der Waals surface area contributed by atoms with Gasteiger partial charge in [-0.3, -0.25) is 0 Å². The second kappa shape index (κ2) is 7.79. The number of hydrogen-bond donors (Lipinski definition) is 0. The lowest BCUT2D eigenvalue weighted by atomic mass is 10.1. The molecule has 0 aliphatic carbocycles. The highest BCUT2D eigenvalue weighted by atomic mass is 19.1. The lowest BCUT2D eigenvalue weighted by Crippen LogP contribution is -2.13. The van der Waals surface area contributed by atoms with E-state index < -0.39 is 0 Å². The summed E-state index contributed by atoms with van der Waals surface area (Å²) >= 11 is 0. The molecule has 0 N–H and O–H groups in total. The van der Waals surface area contributed by atoms with Gasteiger partial charge in [-0.1, -0.05) is 36.4 Å². The molecule has 0 aromatic heterocycles. The van der Waals surface area contributed by atoms with Crippen molar-refractivity contribution in [2.24, 2.45) is 0 Å². The minimum absolute atomic E-state index is 0.255. The van der Waals surface area contributed by atoms with Crippen molar-refractivity contribution in [3.63, 3.8) is 0 Å². The van der Waals surface area contributed by atoms with Crippen LogP contribution in [-0.2, 0) is 13.0 Å². The molecule has 112 valence electrons. The van der Waals surface area contributed by atoms with Gasteiger partial charge in [-0.2, -0.15) is 0 Å². The Morgan fingerprint density at radius 3 is 2.52 bits per heavy atom. The van der Waals surface area contributed by atoms with E-state index in [1.165, 1.54) is 12.1 Å². The standard InChI is InChI=1S/C18H22FNO/c1-20(2)12-6-9-16-10-11-17(19)13-18(16)21-14-15-7-4-3-5-8-15/h3-5,7-8,10-11,13H,6,9,12,14H2,1-2H3. The average Bonchev–Trinajstić information content (AvgIpc) is 2.48. The van der Waals surface area contributed by atoms with Gasteiger partial charge < -0.3 is 9.64 Å². The van der Waals surface area contributed by atoms with Crippen LogP contribution in [0.2, 0.25) is 0 Å². The third kappa shape index (κ3) is 5.20. The highest BCUT2D eigenvalue weighted by Crippen LogP contribution is 2.22. The molecule has 2 nitrogen and oxygen atoms in total. The first-order valence-corrected chi connectivity index (χ1v) is 7.25. The van der Waals surface area contributed by atoms with Gasteiger partial charge in [0, 0.05) is 6.07 Å². The first-order valence-electron chi connectivity index (χ1n) is 7.25. The van der Waals surface area contributed by atoms with E-state index in [1.54, 1.807) is 0 Å². The zero-order valence-electron chi connectivity index (χ0n) is 12.7. The van der Waals surface area contributed by atoms with Gasteiger partial charge in [0.15, 0.2) is 0 Å². The van der Waals surface area contributed by atoms with E-state index >= 15 is 0 Å². The fraction of sp³-hybridized carbons (Fsp3) is 0.333. The van der Waals surface area contributed by atoms with E-state index in [0.29, 0.717) is 12.4 Å². The summed E-state index contributed by atoms with van der Waals surface area (Å²) in [6.07, 6.45) is 1.92. The molecule has 2 aromatic carbocycles. The molecule has 3 heteroatoms. The molecule has 0 saturated carbocycles. The summed E-state index contributed by atoms with van der Waals surface area (Å²) in [5.41, 5.74) is 2.15. The van der Waals surface area contributed by atoms with Gasteiger partial charge in [-0.25, -0.2) is 4.39 Å². The molecule has 0 unspecified atom stereocenters. The Morgan fingerprint density at radius 2 is 1.81 bits per heavy atom. The smallest absolute Gasteiger partial charge is 0.126 e. The average molecular weight is 287 g/mol. The van der Waals surface area contributed by atoms with Crippen LogP contribution in [0.3, 0.4) is 0 Å². The van der Waals surface area contributed by atoms with E-state index in [4.69, 9.17) is 4.74 Å². The first kappa shape index (κ1) is 15.5. The molecule has 0 bridgehead atoms. The minimum atomic E-state index is -0.255. The van der Waals surface area contributed by atoms with Gasteiger partial charge in [0.05, 0.1) is 0 Å². The molecule has 0 fully saturated rings. The van der Waals surface area contributed by atoms with E-state index in [2.05, 4.69) is 19.0 Å². The predicted octanol–water partition coefficient (Wildman–Crippen LogP) is 3.90.